The van der Waals surface area contributed by atoms with Crippen molar-refractivity contribution in [3.63, 3.8) is 0 Å². The molecular formula is C15H14F3N2O+. The average Bonchev–Trinajstić information content (AvgIpc) is 2.41. The highest BCUT2D eigenvalue weighted by Gasteiger charge is 2.30. The third kappa shape index (κ3) is 4.30. The predicted octanol–water partition coefficient (Wildman–Crippen LogP) is 2.94. The van der Waals surface area contributed by atoms with Crippen molar-refractivity contribution in [2.45, 2.75) is 19.6 Å². The number of hydrogen-bond donors (Lipinski definition) is 1. The number of amides is 1. The molecule has 0 saturated heterocycles. The number of aryl methyl sites for hydroxylation is 1. The minimum absolute atomic E-state index is 0.0985. The summed E-state index contributed by atoms with van der Waals surface area (Å²) in [5.74, 6) is -0.302. The number of rotatable bonds is 3. The summed E-state index contributed by atoms with van der Waals surface area (Å²) in [5, 5.41) is 2.56. The SMILES string of the molecule is Cc1cc[n+](CC(=O)Nc2ccc(C(F)(F)F)cc2)cc1. The van der Waals surface area contributed by atoms with Crippen molar-refractivity contribution in [1.29, 1.82) is 0 Å². The van der Waals surface area contributed by atoms with Gasteiger partial charge in [-0.1, -0.05) is 0 Å². The van der Waals surface area contributed by atoms with Gasteiger partial charge in [-0.15, -0.1) is 0 Å². The molecule has 2 rings (SSSR count). The minimum Gasteiger partial charge on any atom is -0.321 e. The highest BCUT2D eigenvalue weighted by Crippen LogP contribution is 2.29. The van der Waals surface area contributed by atoms with Gasteiger partial charge < -0.3 is 5.32 Å². The number of carbonyl (C=O) groups is 1. The van der Waals surface area contributed by atoms with Crippen molar-refractivity contribution in [2.75, 3.05) is 5.32 Å². The van der Waals surface area contributed by atoms with E-state index in [1.165, 1.54) is 12.1 Å². The van der Waals surface area contributed by atoms with Gasteiger partial charge in [0.05, 0.1) is 5.56 Å². The number of halogens is 3. The number of anilines is 1. The molecule has 2 aromatic rings. The number of nitrogens with one attached hydrogen (secondary N) is 1. The molecule has 0 aliphatic carbocycles. The van der Waals surface area contributed by atoms with Crippen molar-refractivity contribution in [3.8, 4) is 0 Å². The lowest BCUT2D eigenvalue weighted by atomic mass is 10.2. The molecule has 0 aliphatic heterocycles. The molecule has 0 fully saturated rings. The first-order valence-corrected chi connectivity index (χ1v) is 6.27. The summed E-state index contributed by atoms with van der Waals surface area (Å²) in [7, 11) is 0. The highest BCUT2D eigenvalue weighted by atomic mass is 19.4. The van der Waals surface area contributed by atoms with E-state index in [1.54, 1.807) is 17.0 Å². The lowest BCUT2D eigenvalue weighted by Gasteiger charge is -2.08. The van der Waals surface area contributed by atoms with E-state index in [-0.39, 0.29) is 12.5 Å². The Labute approximate surface area is 120 Å². The van der Waals surface area contributed by atoms with Gasteiger partial charge in [-0.2, -0.15) is 17.7 Å². The van der Waals surface area contributed by atoms with Crippen LogP contribution in [-0.2, 0) is 17.5 Å². The number of alkyl halides is 3. The van der Waals surface area contributed by atoms with E-state index < -0.39 is 11.7 Å². The monoisotopic (exact) mass is 295 g/mol. The zero-order valence-corrected chi connectivity index (χ0v) is 11.3. The first-order valence-electron chi connectivity index (χ1n) is 6.27. The maximum Gasteiger partial charge on any atom is 0.416 e. The molecule has 1 amide bonds. The molecule has 1 heterocycles. The van der Waals surface area contributed by atoms with E-state index in [2.05, 4.69) is 5.32 Å². The summed E-state index contributed by atoms with van der Waals surface area (Å²) in [6.45, 7) is 2.04. The largest absolute Gasteiger partial charge is 0.416 e. The number of carbonyl (C=O) groups excluding carboxylic acids is 1. The summed E-state index contributed by atoms with van der Waals surface area (Å²) in [4.78, 5) is 11.8. The van der Waals surface area contributed by atoms with Gasteiger partial charge in [-0.3, -0.25) is 4.79 Å². The topological polar surface area (TPSA) is 33.0 Å². The highest BCUT2D eigenvalue weighted by molar-refractivity contribution is 5.89. The zero-order chi connectivity index (χ0) is 15.5. The van der Waals surface area contributed by atoms with Crippen LogP contribution in [-0.4, -0.2) is 5.91 Å². The number of nitrogens with zero attached hydrogens (tertiary/aromatic N) is 1. The predicted molar refractivity (Wildman–Crippen MR) is 71.4 cm³/mol. The Balaban J connectivity index is 1.98. The van der Waals surface area contributed by atoms with Crippen LogP contribution in [0, 0.1) is 6.92 Å². The molecule has 1 N–H and O–H groups in total. The number of pyridine rings is 1. The van der Waals surface area contributed by atoms with E-state index >= 15 is 0 Å². The summed E-state index contributed by atoms with van der Waals surface area (Å²) in [6.07, 6.45) is -0.844. The van der Waals surface area contributed by atoms with Gasteiger partial charge in [-0.05, 0) is 36.8 Å². The third-order valence-corrected chi connectivity index (χ3v) is 2.88. The fourth-order valence-electron chi connectivity index (χ4n) is 1.75. The maximum absolute atomic E-state index is 12.4. The van der Waals surface area contributed by atoms with Gasteiger partial charge in [-0.25, -0.2) is 0 Å². The molecule has 0 aliphatic rings. The van der Waals surface area contributed by atoms with Crippen LogP contribution in [0.3, 0.4) is 0 Å². The standard InChI is InChI=1S/C15H13F3N2O/c1-11-6-8-20(9-7-11)10-14(21)19-13-4-2-12(3-5-13)15(16,17)18/h2-9H,10H2,1H3/p+1. The molecule has 110 valence electrons. The molecule has 0 bridgehead atoms. The Morgan fingerprint density at radius 2 is 1.67 bits per heavy atom. The van der Waals surface area contributed by atoms with Crippen molar-refractivity contribution >= 4 is 11.6 Å². The number of benzene rings is 1. The molecule has 21 heavy (non-hydrogen) atoms. The molecule has 0 atom stereocenters. The maximum atomic E-state index is 12.4. The van der Waals surface area contributed by atoms with Crippen LogP contribution in [0.25, 0.3) is 0 Å². The molecule has 1 aromatic heterocycles. The Morgan fingerprint density at radius 1 is 1.10 bits per heavy atom. The van der Waals surface area contributed by atoms with E-state index in [9.17, 15) is 18.0 Å². The molecule has 0 unspecified atom stereocenters. The summed E-state index contributed by atoms with van der Waals surface area (Å²) < 4.78 is 38.9. The third-order valence-electron chi connectivity index (χ3n) is 2.88. The first-order chi connectivity index (χ1) is 9.84. The Kier molecular flexibility index (Phi) is 4.26. The van der Waals surface area contributed by atoms with Gasteiger partial charge in [0.1, 0.15) is 0 Å². The molecule has 3 nitrogen and oxygen atoms in total. The molecule has 6 heteroatoms. The molecular weight excluding hydrogens is 281 g/mol. The Hall–Kier alpha value is -2.37. The molecule has 0 radical (unpaired) electrons. The van der Waals surface area contributed by atoms with Crippen molar-refractivity contribution in [3.05, 3.63) is 59.9 Å². The van der Waals surface area contributed by atoms with Gasteiger partial charge >= 0.3 is 6.18 Å². The summed E-state index contributed by atoms with van der Waals surface area (Å²) >= 11 is 0. The van der Waals surface area contributed by atoms with Gasteiger partial charge in [0.2, 0.25) is 6.54 Å². The minimum atomic E-state index is -4.37. The molecule has 1 aromatic carbocycles. The van der Waals surface area contributed by atoms with Crippen LogP contribution in [0.2, 0.25) is 0 Å². The van der Waals surface area contributed by atoms with Crippen molar-refractivity contribution < 1.29 is 22.5 Å². The fourth-order valence-corrected chi connectivity index (χ4v) is 1.75. The Morgan fingerprint density at radius 3 is 2.19 bits per heavy atom. The smallest absolute Gasteiger partial charge is 0.321 e. The first kappa shape index (κ1) is 15.0. The van der Waals surface area contributed by atoms with Crippen LogP contribution in [0.5, 0.6) is 0 Å². The lowest BCUT2D eigenvalue weighted by Crippen LogP contribution is -2.39. The Bertz CT molecular complexity index is 619. The van der Waals surface area contributed by atoms with Gasteiger partial charge in [0, 0.05) is 17.8 Å². The van der Waals surface area contributed by atoms with Crippen molar-refractivity contribution in [1.82, 2.24) is 0 Å². The van der Waals surface area contributed by atoms with Crippen molar-refractivity contribution in [2.24, 2.45) is 0 Å². The molecule has 0 saturated carbocycles. The van der Waals surface area contributed by atoms with Crippen LogP contribution in [0.1, 0.15) is 11.1 Å². The normalized spacial score (nSPS) is 11.2. The fraction of sp³-hybridized carbons (Fsp3) is 0.200. The number of hydrogen-bond acceptors (Lipinski definition) is 1. The average molecular weight is 295 g/mol. The van der Waals surface area contributed by atoms with E-state index in [0.717, 1.165) is 17.7 Å². The summed E-state index contributed by atoms with van der Waals surface area (Å²) in [6, 6.07) is 8.08. The second kappa shape index (κ2) is 5.95. The van der Waals surface area contributed by atoms with Crippen LogP contribution in [0.4, 0.5) is 18.9 Å². The lowest BCUT2D eigenvalue weighted by molar-refractivity contribution is -0.684. The van der Waals surface area contributed by atoms with E-state index in [0.29, 0.717) is 5.69 Å². The van der Waals surface area contributed by atoms with E-state index in [4.69, 9.17) is 0 Å². The molecule has 0 spiro atoms. The van der Waals surface area contributed by atoms with E-state index in [1.807, 2.05) is 19.1 Å². The van der Waals surface area contributed by atoms with Crippen LogP contribution >= 0.6 is 0 Å². The zero-order valence-electron chi connectivity index (χ0n) is 11.3. The second-order valence-corrected chi connectivity index (χ2v) is 4.67. The summed E-state index contributed by atoms with van der Waals surface area (Å²) in [5.41, 5.74) is 0.670. The van der Waals surface area contributed by atoms with Gasteiger partial charge in [0.15, 0.2) is 12.4 Å². The van der Waals surface area contributed by atoms with Gasteiger partial charge in [0.25, 0.3) is 5.91 Å². The van der Waals surface area contributed by atoms with Crippen LogP contribution in [0.15, 0.2) is 48.8 Å². The number of aromatic nitrogens is 1. The quantitative estimate of drug-likeness (QED) is 0.868. The second-order valence-electron chi connectivity index (χ2n) is 4.67. The van der Waals surface area contributed by atoms with Crippen LogP contribution < -0.4 is 9.88 Å².